The summed E-state index contributed by atoms with van der Waals surface area (Å²) in [5.41, 5.74) is 2.47. The van der Waals surface area contributed by atoms with Crippen molar-refractivity contribution in [3.05, 3.63) is 71.9 Å². The van der Waals surface area contributed by atoms with Gasteiger partial charge in [-0.1, -0.05) is 18.2 Å². The summed E-state index contributed by atoms with van der Waals surface area (Å²) < 4.78 is 13.7. The molecule has 0 radical (unpaired) electrons. The van der Waals surface area contributed by atoms with Gasteiger partial charge in [0.25, 0.3) is 0 Å². The van der Waals surface area contributed by atoms with Crippen LogP contribution in [0.2, 0.25) is 0 Å². The summed E-state index contributed by atoms with van der Waals surface area (Å²) in [7, 11) is 0. The van der Waals surface area contributed by atoms with Crippen LogP contribution in [0.4, 0.5) is 10.2 Å². The second-order valence-electron chi connectivity index (χ2n) is 8.25. The molecule has 5 rings (SSSR count). The molecule has 2 fully saturated rings. The van der Waals surface area contributed by atoms with Crippen LogP contribution in [0.5, 0.6) is 0 Å². The maximum absolute atomic E-state index is 13.7. The van der Waals surface area contributed by atoms with Crippen molar-refractivity contribution < 1.29 is 9.50 Å². The first kappa shape index (κ1) is 20.4. The quantitative estimate of drug-likeness (QED) is 0.423. The van der Waals surface area contributed by atoms with Crippen molar-refractivity contribution in [2.24, 2.45) is 0 Å². The Hall–Kier alpha value is -3.52. The average Bonchev–Trinajstić information content (AvgIpc) is 3.45. The van der Waals surface area contributed by atoms with Gasteiger partial charge < -0.3 is 19.9 Å². The van der Waals surface area contributed by atoms with Gasteiger partial charge >= 0.3 is 0 Å². The van der Waals surface area contributed by atoms with Crippen molar-refractivity contribution in [2.75, 3.05) is 24.5 Å². The molecule has 0 spiro atoms. The lowest BCUT2D eigenvalue weighted by Gasteiger charge is -2.36. The fourth-order valence-electron chi connectivity index (χ4n) is 4.31. The summed E-state index contributed by atoms with van der Waals surface area (Å²) in [5.74, 6) is 1.60. The van der Waals surface area contributed by atoms with Crippen molar-refractivity contribution in [3.8, 4) is 11.4 Å². The van der Waals surface area contributed by atoms with Crippen LogP contribution in [-0.2, 0) is 0 Å². The van der Waals surface area contributed by atoms with Crippen LogP contribution in [-0.4, -0.2) is 56.5 Å². The van der Waals surface area contributed by atoms with E-state index in [1.807, 2.05) is 34.1 Å². The highest BCUT2D eigenvalue weighted by molar-refractivity contribution is 5.94. The van der Waals surface area contributed by atoms with Gasteiger partial charge in [-0.15, -0.1) is 0 Å². The van der Waals surface area contributed by atoms with Gasteiger partial charge in [0, 0.05) is 19.6 Å². The van der Waals surface area contributed by atoms with E-state index in [1.165, 1.54) is 6.07 Å². The van der Waals surface area contributed by atoms with E-state index in [0.717, 1.165) is 42.2 Å². The monoisotopic (exact) mass is 432 g/mol. The summed E-state index contributed by atoms with van der Waals surface area (Å²) in [6, 6.07) is 12.4. The zero-order valence-electron chi connectivity index (χ0n) is 17.6. The first-order chi connectivity index (χ1) is 15.6. The highest BCUT2D eigenvalue weighted by atomic mass is 19.1. The third kappa shape index (κ3) is 4.13. The lowest BCUT2D eigenvalue weighted by atomic mass is 10.0. The van der Waals surface area contributed by atoms with Gasteiger partial charge in [0.2, 0.25) is 0 Å². The number of aromatic nitrogens is 3. The molecular weight excluding hydrogens is 407 g/mol. The van der Waals surface area contributed by atoms with E-state index in [4.69, 9.17) is 5.41 Å². The number of H-pyrrole nitrogens is 1. The van der Waals surface area contributed by atoms with Gasteiger partial charge in [-0.2, -0.15) is 0 Å². The zero-order valence-corrected chi connectivity index (χ0v) is 17.6. The summed E-state index contributed by atoms with van der Waals surface area (Å²) in [6.45, 7) is 1.97. The first-order valence-electron chi connectivity index (χ1n) is 10.8. The van der Waals surface area contributed by atoms with Crippen LogP contribution in [0.25, 0.3) is 17.5 Å². The molecule has 2 saturated heterocycles. The van der Waals surface area contributed by atoms with E-state index in [1.54, 1.807) is 30.5 Å². The molecule has 8 heteroatoms. The van der Waals surface area contributed by atoms with Crippen molar-refractivity contribution >= 4 is 17.7 Å². The third-order valence-electron chi connectivity index (χ3n) is 5.99. The molecule has 3 aromatic rings. The van der Waals surface area contributed by atoms with E-state index in [0.29, 0.717) is 24.7 Å². The van der Waals surface area contributed by atoms with Crippen LogP contribution >= 0.6 is 0 Å². The summed E-state index contributed by atoms with van der Waals surface area (Å²) >= 11 is 0. The number of aliphatic hydroxyl groups excluding tert-OH is 1. The number of hydrogen-bond acceptors (Lipinski definition) is 5. The Morgan fingerprint density at radius 2 is 2.06 bits per heavy atom. The van der Waals surface area contributed by atoms with E-state index in [9.17, 15) is 9.50 Å². The third-order valence-corrected chi connectivity index (χ3v) is 5.99. The molecule has 1 unspecified atom stereocenters. The topological polar surface area (TPSA) is 92.1 Å². The molecule has 3 N–H and O–H groups in total. The minimum absolute atomic E-state index is 0.0157. The van der Waals surface area contributed by atoms with Crippen LogP contribution in [0.1, 0.15) is 30.3 Å². The number of nitrogens with one attached hydrogen (secondary N) is 2. The number of rotatable bonds is 5. The van der Waals surface area contributed by atoms with Gasteiger partial charge in [-0.25, -0.2) is 14.4 Å². The molecule has 4 heterocycles. The molecule has 2 aromatic heterocycles. The molecule has 2 aliphatic heterocycles. The maximum Gasteiger partial charge on any atom is 0.130 e. The lowest BCUT2D eigenvalue weighted by molar-refractivity contribution is 0.141. The van der Waals surface area contributed by atoms with E-state index in [2.05, 4.69) is 15.0 Å². The molecule has 0 aliphatic carbocycles. The number of β-amino-alcohol motifs (C(OH)–C–C–N with tert-alkyl or cyclic N) is 1. The van der Waals surface area contributed by atoms with Crippen LogP contribution in [0.3, 0.4) is 0 Å². The Balaban J connectivity index is 1.28. The van der Waals surface area contributed by atoms with Gasteiger partial charge in [-0.3, -0.25) is 5.41 Å². The summed E-state index contributed by atoms with van der Waals surface area (Å²) in [5, 5.41) is 18.0. The van der Waals surface area contributed by atoms with Gasteiger partial charge in [0.05, 0.1) is 29.7 Å². The normalized spacial score (nSPS) is 19.0. The molecule has 0 saturated carbocycles. The molecule has 32 heavy (non-hydrogen) atoms. The summed E-state index contributed by atoms with van der Waals surface area (Å²) in [6.07, 6.45) is 6.83. The highest BCUT2D eigenvalue weighted by Gasteiger charge is 2.27. The highest BCUT2D eigenvalue weighted by Crippen LogP contribution is 2.32. The van der Waals surface area contributed by atoms with Crippen molar-refractivity contribution in [3.63, 3.8) is 0 Å². The molecular formula is C24H25FN6O. The second kappa shape index (κ2) is 8.55. The Morgan fingerprint density at radius 1 is 1.22 bits per heavy atom. The number of likely N-dealkylation sites (tertiary alicyclic amines) is 1. The van der Waals surface area contributed by atoms with Gasteiger partial charge in [0.1, 0.15) is 23.3 Å². The molecule has 0 bridgehead atoms. The molecule has 0 amide bonds. The number of anilines is 1. The van der Waals surface area contributed by atoms with Crippen molar-refractivity contribution in [1.29, 1.82) is 5.41 Å². The number of pyridine rings is 1. The fraction of sp³-hybridized carbons (Fsp3) is 0.292. The Morgan fingerprint density at radius 3 is 2.88 bits per heavy atom. The van der Waals surface area contributed by atoms with Crippen molar-refractivity contribution in [1.82, 2.24) is 19.9 Å². The zero-order chi connectivity index (χ0) is 22.1. The van der Waals surface area contributed by atoms with E-state index in [-0.39, 0.29) is 18.0 Å². The Kier molecular flexibility index (Phi) is 5.45. The Labute approximate surface area is 185 Å². The first-order valence-corrected chi connectivity index (χ1v) is 10.8. The van der Waals surface area contributed by atoms with Gasteiger partial charge in [-0.05, 0) is 54.8 Å². The van der Waals surface area contributed by atoms with E-state index < -0.39 is 0 Å². The number of halogens is 1. The molecule has 1 aromatic carbocycles. The maximum atomic E-state index is 13.7. The predicted octanol–water partition coefficient (Wildman–Crippen LogP) is 3.62. The van der Waals surface area contributed by atoms with Crippen LogP contribution < -0.4 is 4.90 Å². The average molecular weight is 433 g/mol. The number of imidazole rings is 1. The molecule has 2 aliphatic rings. The van der Waals surface area contributed by atoms with Crippen molar-refractivity contribution in [2.45, 2.75) is 25.0 Å². The minimum atomic E-state index is -0.282. The molecule has 1 atom stereocenters. The lowest BCUT2D eigenvalue weighted by Crippen LogP contribution is -2.51. The number of aromatic amines is 1. The fourth-order valence-corrected chi connectivity index (χ4v) is 4.31. The second-order valence-corrected chi connectivity index (χ2v) is 8.25. The van der Waals surface area contributed by atoms with Gasteiger partial charge in [0.15, 0.2) is 0 Å². The van der Waals surface area contributed by atoms with Crippen LogP contribution in [0, 0.1) is 11.2 Å². The summed E-state index contributed by atoms with van der Waals surface area (Å²) in [4.78, 5) is 16.3. The largest absolute Gasteiger partial charge is 0.389 e. The molecule has 164 valence electrons. The van der Waals surface area contributed by atoms with Crippen LogP contribution in [0.15, 0.2) is 54.7 Å². The SMILES string of the molecule is N=C(/C=C\c1ncc(-c2cccc(N3CC(O)C3)n2)[nH]1)N1CCCC1c1cccc(F)c1. The number of aliphatic hydroxyl groups is 1. The molecule has 7 nitrogen and oxygen atoms in total. The smallest absolute Gasteiger partial charge is 0.130 e. The minimum Gasteiger partial charge on any atom is -0.389 e. The number of nitrogens with zero attached hydrogens (tertiary/aromatic N) is 4. The Bertz CT molecular complexity index is 1150. The standard InChI is InChI=1S/C24H25FN6O/c25-17-5-1-4-16(12-17)21-7-3-11-31(21)22(26)9-10-23-27-13-20(28-23)19-6-2-8-24(29-19)30-14-18(32)15-30/h1-2,4-6,8-10,12-13,18,21,26,32H,3,7,11,14-15H2,(H,27,28)/b10-9-,26-22?. The number of hydrogen-bond donors (Lipinski definition) is 3. The number of benzene rings is 1. The van der Waals surface area contributed by atoms with E-state index >= 15 is 0 Å². The number of amidine groups is 1. The predicted molar refractivity (Wildman–Crippen MR) is 122 cm³/mol.